The minimum Gasteiger partial charge on any atom is -0.487 e. The van der Waals surface area contributed by atoms with Crippen LogP contribution in [-0.2, 0) is 30.4 Å². The van der Waals surface area contributed by atoms with Crippen LogP contribution in [0.1, 0.15) is 46.0 Å². The van der Waals surface area contributed by atoms with Crippen molar-refractivity contribution in [2.75, 3.05) is 6.54 Å². The first-order valence-corrected chi connectivity index (χ1v) is 12.0. The molecule has 0 fully saturated rings. The number of fused-ring (bicyclic) bond motifs is 1. The molecule has 0 aliphatic carbocycles. The summed E-state index contributed by atoms with van der Waals surface area (Å²) in [7, 11) is 0. The number of benzene rings is 3. The number of hydrogen-bond acceptors (Lipinski definition) is 3. The Morgan fingerprint density at radius 1 is 1.08 bits per heavy atom. The number of carbonyl (C=O) groups excluding carboxylic acids is 1. The summed E-state index contributed by atoms with van der Waals surface area (Å²) in [6, 6.07) is 17.0. The summed E-state index contributed by atoms with van der Waals surface area (Å²) in [6.07, 6.45) is -2.64. The maximum atomic E-state index is 13.2. The molecule has 3 aromatic rings. The highest BCUT2D eigenvalue weighted by Gasteiger charge is 2.33. The average Bonchev–Trinajstić information content (AvgIpc) is 2.83. The van der Waals surface area contributed by atoms with E-state index in [9.17, 15) is 27.9 Å². The molecule has 1 heterocycles. The number of alkyl halides is 3. The Morgan fingerprint density at radius 3 is 2.54 bits per heavy atom. The summed E-state index contributed by atoms with van der Waals surface area (Å²) in [4.78, 5) is 25.7. The minimum atomic E-state index is -4.55. The number of ether oxygens (including phenoxy) is 1. The maximum Gasteiger partial charge on any atom is 0.416 e. The number of rotatable bonds is 7. The third-order valence-electron chi connectivity index (χ3n) is 6.35. The number of hydrogen-bond donors (Lipinski definition) is 1. The van der Waals surface area contributed by atoms with Crippen molar-refractivity contribution in [2.45, 2.75) is 44.5 Å². The van der Waals surface area contributed by atoms with Gasteiger partial charge in [-0.15, -0.1) is 0 Å². The molecule has 0 spiro atoms. The third-order valence-corrected chi connectivity index (χ3v) is 6.72. The largest absolute Gasteiger partial charge is 0.487 e. The normalized spacial score (nSPS) is 17.0. The molecule has 0 unspecified atom stereocenters. The second-order valence-electron chi connectivity index (χ2n) is 9.40. The zero-order chi connectivity index (χ0) is 26.8. The van der Waals surface area contributed by atoms with Gasteiger partial charge in [0.2, 0.25) is 0 Å². The van der Waals surface area contributed by atoms with Crippen molar-refractivity contribution < 1.29 is 32.6 Å². The molecule has 9 heteroatoms. The molecule has 0 saturated carbocycles. The fourth-order valence-corrected chi connectivity index (χ4v) is 4.71. The van der Waals surface area contributed by atoms with Gasteiger partial charge >= 0.3 is 12.1 Å². The van der Waals surface area contributed by atoms with Gasteiger partial charge in [0.05, 0.1) is 5.56 Å². The van der Waals surface area contributed by atoms with E-state index in [1.54, 1.807) is 18.2 Å². The van der Waals surface area contributed by atoms with E-state index in [1.807, 2.05) is 31.2 Å². The fraction of sp³-hybridized carbons (Fsp3) is 0.286. The standard InChI is InChI=1S/C28H25ClF3NO4/c1-27(15-21-6-2-3-8-23(21)29)12-11-19-14-20(9-10-24(19)37-27)26(36)33(17-25(34)35)16-18-5-4-7-22(13-18)28(30,31)32/h2-10,13-14H,11-12,15-17H2,1H3,(H,34,35)/t27-/m1/s1. The number of amides is 1. The van der Waals surface area contributed by atoms with Crippen LogP contribution in [0, 0.1) is 0 Å². The molecule has 37 heavy (non-hydrogen) atoms. The van der Waals surface area contributed by atoms with Gasteiger partial charge in [-0.05, 0) is 72.9 Å². The molecule has 0 bridgehead atoms. The van der Waals surface area contributed by atoms with Gasteiger partial charge in [-0.2, -0.15) is 13.2 Å². The van der Waals surface area contributed by atoms with E-state index in [4.69, 9.17) is 16.3 Å². The molecule has 4 rings (SSSR count). The quantitative estimate of drug-likeness (QED) is 0.382. The van der Waals surface area contributed by atoms with Crippen LogP contribution in [-0.4, -0.2) is 34.0 Å². The van der Waals surface area contributed by atoms with Gasteiger partial charge in [-0.25, -0.2) is 0 Å². The SMILES string of the molecule is C[C@]1(Cc2ccccc2Cl)CCc2cc(C(=O)N(CC(=O)O)Cc3cccc(C(F)(F)F)c3)ccc2O1. The Hall–Kier alpha value is -3.52. The van der Waals surface area contributed by atoms with Crippen molar-refractivity contribution >= 4 is 23.5 Å². The molecule has 5 nitrogen and oxygen atoms in total. The average molecular weight is 532 g/mol. The summed E-state index contributed by atoms with van der Waals surface area (Å²) in [5.74, 6) is -1.23. The molecule has 0 saturated heterocycles. The highest BCUT2D eigenvalue weighted by molar-refractivity contribution is 6.31. The number of nitrogens with zero attached hydrogens (tertiary/aromatic N) is 1. The molecule has 0 aromatic heterocycles. The number of carbonyl (C=O) groups is 2. The lowest BCUT2D eigenvalue weighted by Crippen LogP contribution is -2.39. The second-order valence-corrected chi connectivity index (χ2v) is 9.80. The first-order valence-electron chi connectivity index (χ1n) is 11.7. The van der Waals surface area contributed by atoms with Crippen LogP contribution in [0.3, 0.4) is 0 Å². The van der Waals surface area contributed by atoms with E-state index < -0.39 is 35.8 Å². The van der Waals surface area contributed by atoms with E-state index in [2.05, 4.69) is 0 Å². The molecule has 1 aliphatic heterocycles. The lowest BCUT2D eigenvalue weighted by Gasteiger charge is -2.36. The zero-order valence-corrected chi connectivity index (χ0v) is 20.8. The van der Waals surface area contributed by atoms with E-state index >= 15 is 0 Å². The van der Waals surface area contributed by atoms with Crippen molar-refractivity contribution in [2.24, 2.45) is 0 Å². The van der Waals surface area contributed by atoms with Gasteiger partial charge in [-0.1, -0.05) is 41.9 Å². The van der Waals surface area contributed by atoms with Crippen LogP contribution in [0.5, 0.6) is 5.75 Å². The van der Waals surface area contributed by atoms with E-state index in [0.717, 1.165) is 28.2 Å². The predicted molar refractivity (Wildman–Crippen MR) is 133 cm³/mol. The molecule has 1 atom stereocenters. The second kappa shape index (κ2) is 10.5. The Balaban J connectivity index is 1.53. The van der Waals surface area contributed by atoms with E-state index in [-0.39, 0.29) is 17.7 Å². The summed E-state index contributed by atoms with van der Waals surface area (Å²) in [5.41, 5.74) is 0.838. The molecule has 1 aliphatic rings. The lowest BCUT2D eigenvalue weighted by molar-refractivity contribution is -0.139. The van der Waals surface area contributed by atoms with Gasteiger partial charge in [0.1, 0.15) is 17.9 Å². The molecular weight excluding hydrogens is 507 g/mol. The van der Waals surface area contributed by atoms with Gasteiger partial charge in [-0.3, -0.25) is 9.59 Å². The van der Waals surface area contributed by atoms with Crippen molar-refractivity contribution in [3.8, 4) is 5.75 Å². The van der Waals surface area contributed by atoms with E-state index in [1.165, 1.54) is 12.1 Å². The first-order chi connectivity index (χ1) is 17.4. The number of halogens is 4. The molecule has 0 radical (unpaired) electrons. The fourth-order valence-electron chi connectivity index (χ4n) is 4.50. The van der Waals surface area contributed by atoms with Gasteiger partial charge < -0.3 is 14.7 Å². The Morgan fingerprint density at radius 2 is 1.84 bits per heavy atom. The van der Waals surface area contributed by atoms with Gasteiger partial charge in [0.15, 0.2) is 0 Å². The summed E-state index contributed by atoms with van der Waals surface area (Å²) >= 11 is 6.32. The third kappa shape index (κ3) is 6.43. The Labute approximate surface area is 217 Å². The van der Waals surface area contributed by atoms with E-state index in [0.29, 0.717) is 30.0 Å². The summed E-state index contributed by atoms with van der Waals surface area (Å²) < 4.78 is 45.6. The molecule has 3 aromatic carbocycles. The van der Waals surface area contributed by atoms with Crippen LogP contribution in [0.15, 0.2) is 66.7 Å². The van der Waals surface area contributed by atoms with Crippen molar-refractivity contribution in [3.63, 3.8) is 0 Å². The van der Waals surface area contributed by atoms with Crippen molar-refractivity contribution in [1.29, 1.82) is 0 Å². The Kier molecular flexibility index (Phi) is 7.50. The van der Waals surface area contributed by atoms with Gasteiger partial charge in [0.25, 0.3) is 5.91 Å². The topological polar surface area (TPSA) is 66.8 Å². The van der Waals surface area contributed by atoms with Gasteiger partial charge in [0, 0.05) is 23.6 Å². The zero-order valence-electron chi connectivity index (χ0n) is 20.0. The molecular formula is C28H25ClF3NO4. The summed E-state index contributed by atoms with van der Waals surface area (Å²) in [5, 5.41) is 9.99. The minimum absolute atomic E-state index is 0.182. The van der Waals surface area contributed by atoms with Crippen LogP contribution in [0.25, 0.3) is 0 Å². The van der Waals surface area contributed by atoms with Crippen LogP contribution < -0.4 is 4.74 Å². The maximum absolute atomic E-state index is 13.2. The highest BCUT2D eigenvalue weighted by atomic mass is 35.5. The molecule has 1 N–H and O–H groups in total. The van der Waals surface area contributed by atoms with Crippen LogP contribution in [0.4, 0.5) is 13.2 Å². The summed E-state index contributed by atoms with van der Waals surface area (Å²) in [6.45, 7) is 1.07. The smallest absolute Gasteiger partial charge is 0.416 e. The molecule has 1 amide bonds. The number of aliphatic carboxylic acids is 1. The van der Waals surface area contributed by atoms with Crippen molar-refractivity contribution in [3.05, 3.63) is 99.6 Å². The predicted octanol–water partition coefficient (Wildman–Crippen LogP) is 6.41. The van der Waals surface area contributed by atoms with Crippen LogP contribution in [0.2, 0.25) is 5.02 Å². The monoisotopic (exact) mass is 531 g/mol. The Bertz CT molecular complexity index is 1330. The lowest BCUT2D eigenvalue weighted by atomic mass is 9.86. The number of carboxylic acid groups (broad SMARTS) is 1. The van der Waals surface area contributed by atoms with Crippen molar-refractivity contribution in [1.82, 2.24) is 4.90 Å². The van der Waals surface area contributed by atoms with Crippen LogP contribution >= 0.6 is 11.6 Å². The first kappa shape index (κ1) is 26.5. The number of aryl methyl sites for hydroxylation is 1. The highest BCUT2D eigenvalue weighted by Crippen LogP contribution is 2.37. The molecule has 194 valence electrons. The number of carboxylic acids is 1.